The molecule has 114 valence electrons. The molecule has 2 aromatic rings. The van der Waals surface area contributed by atoms with Crippen LogP contribution in [-0.4, -0.2) is 15.7 Å². The maximum Gasteiger partial charge on any atom is 0.220 e. The number of hydrogen-bond donors (Lipinski definition) is 1. The molecule has 1 aromatic heterocycles. The summed E-state index contributed by atoms with van der Waals surface area (Å²) in [4.78, 5) is 12.0. The van der Waals surface area contributed by atoms with Gasteiger partial charge in [-0.2, -0.15) is 10.4 Å². The van der Waals surface area contributed by atoms with Crippen molar-refractivity contribution in [1.82, 2.24) is 15.1 Å². The number of rotatable bonds is 5. The molecule has 5 nitrogen and oxygen atoms in total. The SMILES string of the molecule is Cc1nn(C)c(C)c1CCC(=O)NCc1cccc(C#N)c1. The fourth-order valence-corrected chi connectivity index (χ4v) is 2.46. The topological polar surface area (TPSA) is 70.7 Å². The Morgan fingerprint density at radius 3 is 2.82 bits per heavy atom. The number of nitriles is 1. The first-order valence-electron chi connectivity index (χ1n) is 7.26. The normalized spacial score (nSPS) is 10.3. The minimum Gasteiger partial charge on any atom is -0.352 e. The molecule has 0 bridgehead atoms. The highest BCUT2D eigenvalue weighted by molar-refractivity contribution is 5.76. The molecule has 0 radical (unpaired) electrons. The van der Waals surface area contributed by atoms with Crippen LogP contribution in [0.25, 0.3) is 0 Å². The molecule has 2 rings (SSSR count). The lowest BCUT2D eigenvalue weighted by atomic mass is 10.1. The van der Waals surface area contributed by atoms with E-state index in [0.29, 0.717) is 24.9 Å². The van der Waals surface area contributed by atoms with Gasteiger partial charge in [0.15, 0.2) is 0 Å². The Morgan fingerprint density at radius 2 is 2.18 bits per heavy atom. The second-order valence-electron chi connectivity index (χ2n) is 5.36. The number of amides is 1. The van der Waals surface area contributed by atoms with E-state index in [9.17, 15) is 4.79 Å². The maximum absolute atomic E-state index is 12.0. The number of hydrogen-bond acceptors (Lipinski definition) is 3. The Hall–Kier alpha value is -2.61. The summed E-state index contributed by atoms with van der Waals surface area (Å²) in [7, 11) is 1.91. The van der Waals surface area contributed by atoms with E-state index in [4.69, 9.17) is 5.26 Å². The van der Waals surface area contributed by atoms with Gasteiger partial charge in [-0.3, -0.25) is 9.48 Å². The average molecular weight is 296 g/mol. The van der Waals surface area contributed by atoms with Gasteiger partial charge >= 0.3 is 0 Å². The smallest absolute Gasteiger partial charge is 0.220 e. The van der Waals surface area contributed by atoms with E-state index in [2.05, 4.69) is 16.5 Å². The van der Waals surface area contributed by atoms with E-state index >= 15 is 0 Å². The highest BCUT2D eigenvalue weighted by Crippen LogP contribution is 2.14. The van der Waals surface area contributed by atoms with Crippen molar-refractivity contribution in [3.05, 3.63) is 52.3 Å². The van der Waals surface area contributed by atoms with E-state index < -0.39 is 0 Å². The van der Waals surface area contributed by atoms with Gasteiger partial charge in [0.05, 0.1) is 17.3 Å². The molecule has 1 heterocycles. The highest BCUT2D eigenvalue weighted by atomic mass is 16.1. The van der Waals surface area contributed by atoms with Crippen LogP contribution in [-0.2, 0) is 24.8 Å². The molecule has 1 aromatic carbocycles. The molecule has 1 N–H and O–H groups in total. The van der Waals surface area contributed by atoms with Gasteiger partial charge in [-0.15, -0.1) is 0 Å². The van der Waals surface area contributed by atoms with E-state index in [1.807, 2.05) is 37.7 Å². The van der Waals surface area contributed by atoms with Gasteiger partial charge in [0.2, 0.25) is 5.91 Å². The van der Waals surface area contributed by atoms with Crippen LogP contribution in [0.5, 0.6) is 0 Å². The van der Waals surface area contributed by atoms with E-state index in [1.165, 1.54) is 0 Å². The first kappa shape index (κ1) is 15.8. The third-order valence-corrected chi connectivity index (χ3v) is 3.81. The monoisotopic (exact) mass is 296 g/mol. The van der Waals surface area contributed by atoms with Crippen LogP contribution in [0.3, 0.4) is 0 Å². The fraction of sp³-hybridized carbons (Fsp3) is 0.353. The second kappa shape index (κ2) is 6.90. The van der Waals surface area contributed by atoms with E-state index in [-0.39, 0.29) is 5.91 Å². The second-order valence-corrected chi connectivity index (χ2v) is 5.36. The average Bonchev–Trinajstić information content (AvgIpc) is 2.76. The zero-order chi connectivity index (χ0) is 16.1. The van der Waals surface area contributed by atoms with Crippen molar-refractivity contribution in [2.24, 2.45) is 7.05 Å². The number of aryl methyl sites for hydroxylation is 2. The summed E-state index contributed by atoms with van der Waals surface area (Å²) in [5.41, 5.74) is 4.76. The first-order chi connectivity index (χ1) is 10.5. The quantitative estimate of drug-likeness (QED) is 0.919. The lowest BCUT2D eigenvalue weighted by Crippen LogP contribution is -2.23. The van der Waals surface area contributed by atoms with Gasteiger partial charge < -0.3 is 5.32 Å². The third-order valence-electron chi connectivity index (χ3n) is 3.81. The van der Waals surface area contributed by atoms with Crippen LogP contribution < -0.4 is 5.32 Å². The van der Waals surface area contributed by atoms with Crippen molar-refractivity contribution < 1.29 is 4.79 Å². The van der Waals surface area contributed by atoms with Gasteiger partial charge in [0.1, 0.15) is 0 Å². The van der Waals surface area contributed by atoms with Crippen molar-refractivity contribution in [3.8, 4) is 6.07 Å². The predicted octanol–water partition coefficient (Wildman–Crippen LogP) is 2.16. The van der Waals surface area contributed by atoms with Crippen LogP contribution in [0, 0.1) is 25.2 Å². The number of carbonyl (C=O) groups excluding carboxylic acids is 1. The van der Waals surface area contributed by atoms with Crippen molar-refractivity contribution in [2.75, 3.05) is 0 Å². The number of benzene rings is 1. The molecule has 0 unspecified atom stereocenters. The molecule has 0 saturated heterocycles. The lowest BCUT2D eigenvalue weighted by molar-refractivity contribution is -0.121. The molecular formula is C17H20N4O. The largest absolute Gasteiger partial charge is 0.352 e. The number of nitrogens with zero attached hydrogens (tertiary/aromatic N) is 3. The van der Waals surface area contributed by atoms with Gasteiger partial charge in [-0.1, -0.05) is 12.1 Å². The van der Waals surface area contributed by atoms with Crippen LogP contribution in [0.2, 0.25) is 0 Å². The molecular weight excluding hydrogens is 276 g/mol. The Labute approximate surface area is 130 Å². The van der Waals surface area contributed by atoms with Gasteiger partial charge in [0.25, 0.3) is 0 Å². The Morgan fingerprint density at radius 1 is 1.41 bits per heavy atom. The molecule has 0 aliphatic carbocycles. The van der Waals surface area contributed by atoms with Crippen molar-refractivity contribution in [3.63, 3.8) is 0 Å². The molecule has 1 amide bonds. The van der Waals surface area contributed by atoms with Crippen molar-refractivity contribution >= 4 is 5.91 Å². The van der Waals surface area contributed by atoms with Crippen molar-refractivity contribution in [1.29, 1.82) is 5.26 Å². The zero-order valence-corrected chi connectivity index (χ0v) is 13.2. The molecule has 5 heteroatoms. The van der Waals surface area contributed by atoms with Crippen LogP contribution in [0.4, 0.5) is 0 Å². The minimum atomic E-state index is 0.00464. The zero-order valence-electron chi connectivity index (χ0n) is 13.2. The molecule has 22 heavy (non-hydrogen) atoms. The fourth-order valence-electron chi connectivity index (χ4n) is 2.46. The Balaban J connectivity index is 1.87. The molecule has 0 aliphatic heterocycles. The third kappa shape index (κ3) is 3.73. The van der Waals surface area contributed by atoms with Gasteiger partial charge in [-0.25, -0.2) is 0 Å². The Bertz CT molecular complexity index is 725. The van der Waals surface area contributed by atoms with Gasteiger partial charge in [0, 0.05) is 25.7 Å². The highest BCUT2D eigenvalue weighted by Gasteiger charge is 2.11. The summed E-state index contributed by atoms with van der Waals surface area (Å²) in [6.45, 7) is 4.42. The first-order valence-corrected chi connectivity index (χ1v) is 7.26. The van der Waals surface area contributed by atoms with E-state index in [0.717, 1.165) is 22.5 Å². The molecule has 0 fully saturated rings. The number of aromatic nitrogens is 2. The van der Waals surface area contributed by atoms with Crippen LogP contribution in [0.1, 0.15) is 34.5 Å². The van der Waals surface area contributed by atoms with Gasteiger partial charge in [-0.05, 0) is 43.5 Å². The summed E-state index contributed by atoms with van der Waals surface area (Å²) in [6.07, 6.45) is 1.13. The van der Waals surface area contributed by atoms with Crippen LogP contribution in [0.15, 0.2) is 24.3 Å². The van der Waals surface area contributed by atoms with E-state index in [1.54, 1.807) is 12.1 Å². The lowest BCUT2D eigenvalue weighted by Gasteiger charge is -2.06. The summed E-state index contributed by atoms with van der Waals surface area (Å²) < 4.78 is 1.84. The minimum absolute atomic E-state index is 0.00464. The maximum atomic E-state index is 12.0. The standard InChI is InChI=1S/C17H20N4O/c1-12-16(13(2)21(3)20-12)7-8-17(22)19-11-15-6-4-5-14(9-15)10-18/h4-6,9H,7-8,11H2,1-3H3,(H,19,22). The molecule has 0 atom stereocenters. The summed E-state index contributed by atoms with van der Waals surface area (Å²) in [5, 5.41) is 16.1. The summed E-state index contributed by atoms with van der Waals surface area (Å²) in [6, 6.07) is 9.35. The number of carbonyl (C=O) groups is 1. The Kier molecular flexibility index (Phi) is 4.95. The summed E-state index contributed by atoms with van der Waals surface area (Å²) in [5.74, 6) is 0.00464. The molecule has 0 spiro atoms. The summed E-state index contributed by atoms with van der Waals surface area (Å²) >= 11 is 0. The number of nitrogens with one attached hydrogen (secondary N) is 1. The van der Waals surface area contributed by atoms with Crippen LogP contribution >= 0.6 is 0 Å². The predicted molar refractivity (Wildman–Crippen MR) is 84.0 cm³/mol. The molecule has 0 saturated carbocycles. The van der Waals surface area contributed by atoms with Crippen molar-refractivity contribution in [2.45, 2.75) is 33.2 Å². The molecule has 0 aliphatic rings.